The van der Waals surface area contributed by atoms with Gasteiger partial charge in [0.2, 0.25) is 0 Å². The largest absolute Gasteiger partial charge is 0.381 e. The molecule has 0 radical (unpaired) electrons. The van der Waals surface area contributed by atoms with Crippen LogP contribution in [0.2, 0.25) is 0 Å². The Kier molecular flexibility index (Phi) is 6.15. The molecule has 3 aliphatic carbocycles. The molecule has 32 heavy (non-hydrogen) atoms. The number of fused-ring (bicyclic) bond motifs is 2. The monoisotopic (exact) mass is 436 g/mol. The normalized spacial score (nSPS) is 25.7. The first-order chi connectivity index (χ1) is 15.2. The molecule has 1 N–H and O–H groups in total. The van der Waals surface area contributed by atoms with Crippen LogP contribution < -0.4 is 15.8 Å². The lowest BCUT2D eigenvalue weighted by molar-refractivity contribution is -0.105. The molecule has 1 aromatic heterocycles. The second kappa shape index (κ2) is 8.72. The summed E-state index contributed by atoms with van der Waals surface area (Å²) in [6.45, 7) is 13.1. The van der Waals surface area contributed by atoms with Gasteiger partial charge in [-0.2, -0.15) is 5.10 Å². The van der Waals surface area contributed by atoms with E-state index in [4.69, 9.17) is 0 Å². The number of carbonyl (C=O) groups excluding carboxylic acids is 1. The highest BCUT2D eigenvalue weighted by Crippen LogP contribution is 2.61. The number of nitrogens with zero attached hydrogens (tertiary/aromatic N) is 3. The maximum Gasteiger partial charge on any atom is 0.269 e. The van der Waals surface area contributed by atoms with Gasteiger partial charge in [-0.3, -0.25) is 9.59 Å². The molecular weight excluding hydrogens is 400 g/mol. The third kappa shape index (κ3) is 4.07. The molecule has 1 aromatic carbocycles. The Morgan fingerprint density at radius 1 is 1.19 bits per heavy atom. The maximum absolute atomic E-state index is 12.7. The van der Waals surface area contributed by atoms with Gasteiger partial charge in [0.25, 0.3) is 5.56 Å². The van der Waals surface area contributed by atoms with Crippen molar-refractivity contribution in [2.45, 2.75) is 60.0 Å². The second-order valence-electron chi connectivity index (χ2n) is 10.1. The van der Waals surface area contributed by atoms with E-state index in [1.165, 1.54) is 11.1 Å². The Balaban J connectivity index is 1.39. The minimum absolute atomic E-state index is 0.0537. The third-order valence-electron chi connectivity index (χ3n) is 8.19. The zero-order chi connectivity index (χ0) is 23.0. The van der Waals surface area contributed by atoms with E-state index in [1.54, 1.807) is 12.3 Å². The number of nitrogens with one attached hydrogen (secondary N) is 1. The molecule has 0 unspecified atom stereocenters. The molecule has 2 aromatic rings. The first-order valence-corrected chi connectivity index (χ1v) is 12.0. The predicted octanol–water partition coefficient (Wildman–Crippen LogP) is 4.46. The summed E-state index contributed by atoms with van der Waals surface area (Å²) in [4.78, 5) is 27.6. The van der Waals surface area contributed by atoms with Crippen LogP contribution in [0.1, 0.15) is 57.8 Å². The van der Waals surface area contributed by atoms with Crippen molar-refractivity contribution in [3.8, 4) is 0 Å². The molecule has 172 valence electrons. The SMILES string of the molecule is CCN(CC)c1ccc(C(=O)Cn2ncc(N[C@@H]3C[C@@H]4C[C@H]([C@H]3C)C4(C)C)cc2=O)cc1. The maximum atomic E-state index is 12.7. The number of Topliss-reactive ketones (excluding diaryl/α,β-unsaturated/α-hetero) is 1. The van der Waals surface area contributed by atoms with Crippen LogP contribution in [-0.4, -0.2) is 34.7 Å². The second-order valence-corrected chi connectivity index (χ2v) is 10.1. The van der Waals surface area contributed by atoms with Crippen LogP contribution in [0, 0.1) is 23.2 Å². The van der Waals surface area contributed by atoms with Crippen molar-refractivity contribution in [1.29, 1.82) is 0 Å². The number of aromatic nitrogens is 2. The van der Waals surface area contributed by atoms with Crippen LogP contribution in [0.4, 0.5) is 11.4 Å². The molecule has 3 aliphatic rings. The van der Waals surface area contributed by atoms with Crippen molar-refractivity contribution in [3.63, 3.8) is 0 Å². The molecule has 0 saturated heterocycles. The average molecular weight is 437 g/mol. The Labute approximate surface area is 191 Å². The average Bonchev–Trinajstić information content (AvgIpc) is 2.77. The summed E-state index contributed by atoms with van der Waals surface area (Å²) in [7, 11) is 0. The van der Waals surface area contributed by atoms with Crippen LogP contribution in [-0.2, 0) is 6.54 Å². The summed E-state index contributed by atoms with van der Waals surface area (Å²) in [5, 5.41) is 7.82. The molecule has 5 rings (SSSR count). The molecule has 6 nitrogen and oxygen atoms in total. The van der Waals surface area contributed by atoms with E-state index in [0.29, 0.717) is 22.9 Å². The van der Waals surface area contributed by atoms with Crippen LogP contribution in [0.5, 0.6) is 0 Å². The molecule has 0 aliphatic heterocycles. The fourth-order valence-electron chi connectivity index (χ4n) is 5.86. The van der Waals surface area contributed by atoms with Crippen molar-refractivity contribution in [3.05, 3.63) is 52.4 Å². The van der Waals surface area contributed by atoms with Crippen molar-refractivity contribution in [2.24, 2.45) is 23.2 Å². The lowest BCUT2D eigenvalue weighted by atomic mass is 9.45. The number of rotatable bonds is 8. The minimum Gasteiger partial charge on any atom is -0.381 e. The standard InChI is InChI=1S/C26H36N4O2/c1-6-29(7-2)21-10-8-18(9-11-21)24(31)16-30-25(32)14-20(15-27-30)28-23-13-19-12-22(17(23)3)26(19,4)5/h8-11,14-15,17,19,22-23,28H,6-7,12-13,16H2,1-5H3/t17-,19+,22-,23-/m1/s1. The van der Waals surface area contributed by atoms with Gasteiger partial charge in [-0.1, -0.05) is 20.8 Å². The van der Waals surface area contributed by atoms with Gasteiger partial charge in [0.05, 0.1) is 11.9 Å². The molecule has 0 amide bonds. The summed E-state index contributed by atoms with van der Waals surface area (Å²) in [5.41, 5.74) is 2.61. The van der Waals surface area contributed by atoms with Gasteiger partial charge in [-0.25, -0.2) is 4.68 Å². The van der Waals surface area contributed by atoms with E-state index in [2.05, 4.69) is 49.9 Å². The highest BCUT2D eigenvalue weighted by atomic mass is 16.1. The lowest BCUT2D eigenvalue weighted by Crippen LogP contribution is -2.58. The summed E-state index contributed by atoms with van der Waals surface area (Å²) in [6.07, 6.45) is 4.14. The topological polar surface area (TPSA) is 67.2 Å². The van der Waals surface area contributed by atoms with Gasteiger partial charge in [0.15, 0.2) is 5.78 Å². The third-order valence-corrected chi connectivity index (χ3v) is 8.19. The van der Waals surface area contributed by atoms with Gasteiger partial charge in [0, 0.05) is 36.4 Å². The first kappa shape index (κ1) is 22.6. The number of benzene rings is 1. The van der Waals surface area contributed by atoms with Gasteiger partial charge in [0.1, 0.15) is 6.54 Å². The Morgan fingerprint density at radius 3 is 2.44 bits per heavy atom. The molecule has 1 heterocycles. The number of ketones is 1. The van der Waals surface area contributed by atoms with Crippen LogP contribution in [0.25, 0.3) is 0 Å². The van der Waals surface area contributed by atoms with Crippen molar-refractivity contribution in [2.75, 3.05) is 23.3 Å². The Morgan fingerprint density at radius 2 is 1.88 bits per heavy atom. The number of anilines is 2. The quantitative estimate of drug-likeness (QED) is 0.619. The van der Waals surface area contributed by atoms with Crippen LogP contribution in [0.15, 0.2) is 41.3 Å². The number of carbonyl (C=O) groups is 1. The lowest BCUT2D eigenvalue weighted by Gasteiger charge is -2.62. The van der Waals surface area contributed by atoms with E-state index < -0.39 is 0 Å². The molecule has 3 saturated carbocycles. The highest BCUT2D eigenvalue weighted by molar-refractivity contribution is 5.96. The van der Waals surface area contributed by atoms with E-state index in [1.807, 2.05) is 24.3 Å². The van der Waals surface area contributed by atoms with E-state index in [-0.39, 0.29) is 17.9 Å². The minimum atomic E-state index is -0.253. The summed E-state index contributed by atoms with van der Waals surface area (Å²) in [5.74, 6) is 1.94. The van der Waals surface area contributed by atoms with Gasteiger partial charge in [-0.05, 0) is 74.1 Å². The summed E-state index contributed by atoms with van der Waals surface area (Å²) < 4.78 is 1.25. The van der Waals surface area contributed by atoms with Crippen LogP contribution in [0.3, 0.4) is 0 Å². The Hall–Kier alpha value is -2.63. The fraction of sp³-hybridized carbons (Fsp3) is 0.577. The molecule has 6 heteroatoms. The molecule has 3 fully saturated rings. The van der Waals surface area contributed by atoms with Gasteiger partial charge >= 0.3 is 0 Å². The first-order valence-electron chi connectivity index (χ1n) is 12.0. The fourth-order valence-corrected chi connectivity index (χ4v) is 5.86. The zero-order valence-electron chi connectivity index (χ0n) is 20.0. The smallest absolute Gasteiger partial charge is 0.269 e. The Bertz CT molecular complexity index is 1020. The van der Waals surface area contributed by atoms with Gasteiger partial charge in [-0.15, -0.1) is 0 Å². The predicted molar refractivity (Wildman–Crippen MR) is 129 cm³/mol. The summed E-state index contributed by atoms with van der Waals surface area (Å²) in [6, 6.07) is 9.51. The number of hydrogen-bond donors (Lipinski definition) is 1. The van der Waals surface area contributed by atoms with E-state index >= 15 is 0 Å². The van der Waals surface area contributed by atoms with Gasteiger partial charge < -0.3 is 10.2 Å². The zero-order valence-corrected chi connectivity index (χ0v) is 20.0. The van der Waals surface area contributed by atoms with E-state index in [0.717, 1.165) is 42.7 Å². The van der Waals surface area contributed by atoms with Crippen molar-refractivity contribution < 1.29 is 4.79 Å². The summed E-state index contributed by atoms with van der Waals surface area (Å²) >= 11 is 0. The molecular formula is C26H36N4O2. The van der Waals surface area contributed by atoms with Crippen LogP contribution >= 0.6 is 0 Å². The highest BCUT2D eigenvalue weighted by Gasteiger charge is 2.56. The molecule has 2 bridgehead atoms. The number of hydrogen-bond acceptors (Lipinski definition) is 5. The van der Waals surface area contributed by atoms with Crippen molar-refractivity contribution >= 4 is 17.2 Å². The van der Waals surface area contributed by atoms with Crippen molar-refractivity contribution in [1.82, 2.24) is 9.78 Å². The molecule has 4 atom stereocenters. The van der Waals surface area contributed by atoms with E-state index in [9.17, 15) is 9.59 Å². The molecule has 0 spiro atoms.